The van der Waals surface area contributed by atoms with E-state index >= 15 is 0 Å². The first kappa shape index (κ1) is 11.5. The summed E-state index contributed by atoms with van der Waals surface area (Å²) in [7, 11) is 0. The maximum absolute atomic E-state index is 11.4. The summed E-state index contributed by atoms with van der Waals surface area (Å²) in [6.07, 6.45) is 0.991. The van der Waals surface area contributed by atoms with E-state index in [4.69, 9.17) is 4.74 Å². The van der Waals surface area contributed by atoms with Gasteiger partial charge in [0.1, 0.15) is 6.61 Å². The fourth-order valence-electron chi connectivity index (χ4n) is 1.12. The number of aliphatic hydroxyl groups excluding tert-OH is 1. The minimum absolute atomic E-state index is 0.205. The third-order valence-electron chi connectivity index (χ3n) is 1.96. The molecule has 0 unspecified atom stereocenters. The Morgan fingerprint density at radius 3 is 2.60 bits per heavy atom. The second-order valence-electron chi connectivity index (χ2n) is 3.19. The topological polar surface area (TPSA) is 46.5 Å². The number of rotatable bonds is 4. The van der Waals surface area contributed by atoms with E-state index < -0.39 is 6.10 Å². The van der Waals surface area contributed by atoms with Gasteiger partial charge >= 0.3 is 5.97 Å². The minimum atomic E-state index is -0.525. The van der Waals surface area contributed by atoms with Crippen molar-refractivity contribution in [3.63, 3.8) is 0 Å². The molecule has 0 saturated heterocycles. The lowest BCUT2D eigenvalue weighted by Gasteiger charge is -2.05. The Hall–Kier alpha value is -1.61. The average Bonchev–Trinajstić information content (AvgIpc) is 2.26. The van der Waals surface area contributed by atoms with Gasteiger partial charge in [0.05, 0.1) is 11.7 Å². The van der Waals surface area contributed by atoms with E-state index in [1.165, 1.54) is 6.08 Å². The number of carbonyl (C=O) groups excluding carboxylic acids is 1. The van der Waals surface area contributed by atoms with Crippen molar-refractivity contribution in [1.82, 2.24) is 0 Å². The molecule has 80 valence electrons. The number of hydrogen-bond acceptors (Lipinski definition) is 3. The molecule has 0 radical (unpaired) electrons. The van der Waals surface area contributed by atoms with Gasteiger partial charge in [-0.15, -0.1) is 0 Å². The quantitative estimate of drug-likeness (QED) is 0.606. The first-order valence-corrected chi connectivity index (χ1v) is 4.71. The van der Waals surface area contributed by atoms with E-state index in [0.717, 1.165) is 5.56 Å². The largest absolute Gasteiger partial charge is 0.458 e. The zero-order valence-electron chi connectivity index (χ0n) is 8.64. The molecule has 1 aromatic carbocycles. The molecule has 0 fully saturated rings. The smallest absolute Gasteiger partial charge is 0.338 e. The molecule has 3 nitrogen and oxygen atoms in total. The summed E-state index contributed by atoms with van der Waals surface area (Å²) in [6, 6.07) is 6.67. The zero-order chi connectivity index (χ0) is 11.3. The van der Waals surface area contributed by atoms with Crippen molar-refractivity contribution in [3.8, 4) is 0 Å². The fraction of sp³-hybridized carbons (Fsp3) is 0.250. The Kier molecular flexibility index (Phi) is 4.06. The van der Waals surface area contributed by atoms with E-state index in [2.05, 4.69) is 6.58 Å². The second kappa shape index (κ2) is 5.32. The van der Waals surface area contributed by atoms with Crippen LogP contribution in [0.4, 0.5) is 0 Å². The zero-order valence-corrected chi connectivity index (χ0v) is 8.64. The van der Waals surface area contributed by atoms with E-state index in [0.29, 0.717) is 5.56 Å². The fourth-order valence-corrected chi connectivity index (χ4v) is 1.12. The molecule has 3 heteroatoms. The SMILES string of the molecule is C=CCOC(=O)c1ccc([C@H](C)O)cc1. The average molecular weight is 206 g/mol. The van der Waals surface area contributed by atoms with Gasteiger partial charge in [-0.05, 0) is 24.6 Å². The van der Waals surface area contributed by atoms with Crippen molar-refractivity contribution in [1.29, 1.82) is 0 Å². The molecule has 0 amide bonds. The van der Waals surface area contributed by atoms with Gasteiger partial charge in [0.25, 0.3) is 0 Å². The highest BCUT2D eigenvalue weighted by Gasteiger charge is 2.07. The van der Waals surface area contributed by atoms with Crippen molar-refractivity contribution in [2.45, 2.75) is 13.0 Å². The van der Waals surface area contributed by atoms with Crippen molar-refractivity contribution in [3.05, 3.63) is 48.0 Å². The van der Waals surface area contributed by atoms with Crippen LogP contribution in [0.15, 0.2) is 36.9 Å². The first-order chi connectivity index (χ1) is 7.15. The molecule has 0 bridgehead atoms. The molecule has 0 aromatic heterocycles. The molecule has 1 rings (SSSR count). The Labute approximate surface area is 89.0 Å². The number of hydrogen-bond donors (Lipinski definition) is 1. The normalized spacial score (nSPS) is 11.9. The van der Waals surface area contributed by atoms with Crippen LogP contribution in [0.1, 0.15) is 28.9 Å². The molecular formula is C12H14O3. The van der Waals surface area contributed by atoms with Crippen LogP contribution in [0.25, 0.3) is 0 Å². The predicted molar refractivity (Wildman–Crippen MR) is 57.6 cm³/mol. The van der Waals surface area contributed by atoms with Crippen LogP contribution < -0.4 is 0 Å². The van der Waals surface area contributed by atoms with Gasteiger partial charge in [0.15, 0.2) is 0 Å². The molecule has 0 heterocycles. The summed E-state index contributed by atoms with van der Waals surface area (Å²) in [5.41, 5.74) is 1.25. The minimum Gasteiger partial charge on any atom is -0.458 e. The number of aliphatic hydroxyl groups is 1. The standard InChI is InChI=1S/C12H14O3/c1-3-8-15-12(14)11-6-4-10(5-7-11)9(2)13/h3-7,9,13H,1,8H2,2H3/t9-/m0/s1. The van der Waals surface area contributed by atoms with Gasteiger partial charge in [0.2, 0.25) is 0 Å². The van der Waals surface area contributed by atoms with Crippen molar-refractivity contribution in [2.75, 3.05) is 6.61 Å². The molecule has 1 aromatic rings. The van der Waals surface area contributed by atoms with Crippen LogP contribution in [-0.4, -0.2) is 17.7 Å². The van der Waals surface area contributed by atoms with Crippen molar-refractivity contribution < 1.29 is 14.6 Å². The van der Waals surface area contributed by atoms with Crippen LogP contribution in [0.2, 0.25) is 0 Å². The van der Waals surface area contributed by atoms with Crippen LogP contribution in [0, 0.1) is 0 Å². The van der Waals surface area contributed by atoms with Crippen molar-refractivity contribution in [2.24, 2.45) is 0 Å². The van der Waals surface area contributed by atoms with Gasteiger partial charge in [-0.1, -0.05) is 24.8 Å². The second-order valence-corrected chi connectivity index (χ2v) is 3.19. The summed E-state index contributed by atoms with van der Waals surface area (Å²) in [5, 5.41) is 9.27. The lowest BCUT2D eigenvalue weighted by atomic mass is 10.1. The Balaban J connectivity index is 2.71. The number of ether oxygens (including phenoxy) is 1. The maximum atomic E-state index is 11.4. The molecule has 0 saturated carbocycles. The molecule has 0 aliphatic carbocycles. The van der Waals surface area contributed by atoms with Gasteiger partial charge in [-0.3, -0.25) is 0 Å². The van der Waals surface area contributed by atoms with Crippen LogP contribution in [0.5, 0.6) is 0 Å². The molecule has 1 atom stereocenters. The number of benzene rings is 1. The van der Waals surface area contributed by atoms with E-state index in [1.807, 2.05) is 0 Å². The molecular weight excluding hydrogens is 192 g/mol. The lowest BCUT2D eigenvalue weighted by Crippen LogP contribution is -2.05. The molecule has 15 heavy (non-hydrogen) atoms. The molecule has 0 aliphatic heterocycles. The van der Waals surface area contributed by atoms with Gasteiger partial charge < -0.3 is 9.84 Å². The molecule has 1 N–H and O–H groups in total. The highest BCUT2D eigenvalue weighted by atomic mass is 16.5. The third-order valence-corrected chi connectivity index (χ3v) is 1.96. The summed E-state index contributed by atoms with van der Waals surface area (Å²) in [4.78, 5) is 11.4. The van der Waals surface area contributed by atoms with E-state index in [1.54, 1.807) is 31.2 Å². The highest BCUT2D eigenvalue weighted by molar-refractivity contribution is 5.89. The molecule has 0 aliphatic rings. The van der Waals surface area contributed by atoms with Crippen molar-refractivity contribution >= 4 is 5.97 Å². The Bertz CT molecular complexity index is 338. The van der Waals surface area contributed by atoms with E-state index in [-0.39, 0.29) is 12.6 Å². The van der Waals surface area contributed by atoms with Crippen LogP contribution >= 0.6 is 0 Å². The number of esters is 1. The predicted octanol–water partition coefficient (Wildman–Crippen LogP) is 2.08. The summed E-state index contributed by atoms with van der Waals surface area (Å²) >= 11 is 0. The van der Waals surface area contributed by atoms with Gasteiger partial charge in [-0.2, -0.15) is 0 Å². The van der Waals surface area contributed by atoms with Gasteiger partial charge in [0, 0.05) is 0 Å². The third kappa shape index (κ3) is 3.22. The first-order valence-electron chi connectivity index (χ1n) is 4.71. The summed E-state index contributed by atoms with van der Waals surface area (Å²) in [5.74, 6) is -0.382. The Morgan fingerprint density at radius 1 is 1.53 bits per heavy atom. The lowest BCUT2D eigenvalue weighted by molar-refractivity contribution is 0.0549. The van der Waals surface area contributed by atoms with Crippen LogP contribution in [0.3, 0.4) is 0 Å². The monoisotopic (exact) mass is 206 g/mol. The maximum Gasteiger partial charge on any atom is 0.338 e. The summed E-state index contributed by atoms with van der Waals surface area (Å²) in [6.45, 7) is 5.33. The van der Waals surface area contributed by atoms with E-state index in [9.17, 15) is 9.90 Å². The van der Waals surface area contributed by atoms with Gasteiger partial charge in [-0.25, -0.2) is 4.79 Å². The molecule has 0 spiro atoms. The Morgan fingerprint density at radius 2 is 2.13 bits per heavy atom. The summed E-state index contributed by atoms with van der Waals surface area (Å²) < 4.78 is 4.86. The number of carbonyl (C=O) groups is 1. The highest BCUT2D eigenvalue weighted by Crippen LogP contribution is 2.13. The van der Waals surface area contributed by atoms with Crippen LogP contribution in [-0.2, 0) is 4.74 Å².